The first kappa shape index (κ1) is 20.1. The Morgan fingerprint density at radius 2 is 2.17 bits per heavy atom. The highest BCUT2D eigenvalue weighted by molar-refractivity contribution is 7.99. The first-order chi connectivity index (χ1) is 14.2. The van der Waals surface area contributed by atoms with Crippen LogP contribution in [0.4, 0.5) is 0 Å². The van der Waals surface area contributed by atoms with E-state index in [0.29, 0.717) is 13.1 Å². The van der Waals surface area contributed by atoms with Gasteiger partial charge in [0.2, 0.25) is 0 Å². The zero-order valence-corrected chi connectivity index (χ0v) is 18.0. The normalized spacial score (nSPS) is 16.2. The van der Waals surface area contributed by atoms with E-state index in [1.165, 1.54) is 16.9 Å². The quantitative estimate of drug-likeness (QED) is 0.551. The number of aryl methyl sites for hydroxylation is 1. The Balaban J connectivity index is 1.48. The van der Waals surface area contributed by atoms with Gasteiger partial charge in [-0.25, -0.2) is 0 Å². The van der Waals surface area contributed by atoms with Crippen molar-refractivity contribution in [3.8, 4) is 0 Å². The molecule has 1 atom stereocenters. The highest BCUT2D eigenvalue weighted by atomic mass is 32.2. The predicted molar refractivity (Wildman–Crippen MR) is 115 cm³/mol. The third-order valence-electron chi connectivity index (χ3n) is 4.87. The van der Waals surface area contributed by atoms with Crippen LogP contribution in [-0.2, 0) is 17.8 Å². The molecule has 152 valence electrons. The second-order valence-electron chi connectivity index (χ2n) is 7.03. The largest absolute Gasteiger partial charge is 0.377 e. The number of carbonyl (C=O) groups excluding carboxylic acids is 1. The summed E-state index contributed by atoms with van der Waals surface area (Å²) in [5.74, 6) is 1.56. The summed E-state index contributed by atoms with van der Waals surface area (Å²) in [5, 5.41) is 14.6. The van der Waals surface area contributed by atoms with Gasteiger partial charge in [0.05, 0.1) is 24.1 Å². The maximum Gasteiger partial charge on any atom is 0.261 e. The standard InChI is InChI=1S/C21H24N4O2S2/c1-15-9-11-28-19(15)20(26)22-12-18-23-24-21(29-14-17-8-5-10-27-17)25(18)13-16-6-3-2-4-7-16/h2-4,6-7,9,11,17H,5,8,10,12-14H2,1H3,(H,22,26)/t17-/m0/s1. The van der Waals surface area contributed by atoms with Crippen molar-refractivity contribution in [2.24, 2.45) is 0 Å². The molecule has 1 aliphatic rings. The molecule has 3 aromatic rings. The minimum Gasteiger partial charge on any atom is -0.377 e. The maximum absolute atomic E-state index is 12.5. The maximum atomic E-state index is 12.5. The second kappa shape index (κ2) is 9.56. The average Bonchev–Trinajstić information content (AvgIpc) is 3.47. The molecule has 0 bridgehead atoms. The third kappa shape index (κ3) is 5.07. The van der Waals surface area contributed by atoms with Gasteiger partial charge in [-0.2, -0.15) is 0 Å². The lowest BCUT2D eigenvalue weighted by Crippen LogP contribution is -2.25. The van der Waals surface area contributed by atoms with Crippen molar-refractivity contribution in [2.75, 3.05) is 12.4 Å². The molecule has 1 amide bonds. The molecular formula is C21H24N4O2S2. The van der Waals surface area contributed by atoms with Crippen LogP contribution in [0.5, 0.6) is 0 Å². The van der Waals surface area contributed by atoms with Gasteiger partial charge in [-0.3, -0.25) is 4.79 Å². The number of hydrogen-bond donors (Lipinski definition) is 1. The molecule has 0 unspecified atom stereocenters. The number of rotatable bonds is 8. The van der Waals surface area contributed by atoms with Gasteiger partial charge in [0.15, 0.2) is 11.0 Å². The topological polar surface area (TPSA) is 69.0 Å². The summed E-state index contributed by atoms with van der Waals surface area (Å²) >= 11 is 3.13. The van der Waals surface area contributed by atoms with Crippen LogP contribution in [0.25, 0.3) is 0 Å². The molecule has 8 heteroatoms. The monoisotopic (exact) mass is 428 g/mol. The fourth-order valence-electron chi connectivity index (χ4n) is 3.27. The number of benzene rings is 1. The smallest absolute Gasteiger partial charge is 0.261 e. The molecule has 0 aliphatic carbocycles. The van der Waals surface area contributed by atoms with Crippen LogP contribution >= 0.6 is 23.1 Å². The fourth-order valence-corrected chi connectivity index (χ4v) is 5.13. The Bertz CT molecular complexity index is 949. The SMILES string of the molecule is Cc1ccsc1C(=O)NCc1nnc(SC[C@@H]2CCCO2)n1Cc1ccccc1. The summed E-state index contributed by atoms with van der Waals surface area (Å²) in [7, 11) is 0. The van der Waals surface area contributed by atoms with Crippen molar-refractivity contribution in [3.63, 3.8) is 0 Å². The summed E-state index contributed by atoms with van der Waals surface area (Å²) in [5.41, 5.74) is 2.17. The van der Waals surface area contributed by atoms with Gasteiger partial charge in [0, 0.05) is 12.4 Å². The third-order valence-corrected chi connectivity index (χ3v) is 6.99. The number of hydrogen-bond acceptors (Lipinski definition) is 6. The zero-order valence-electron chi connectivity index (χ0n) is 16.3. The van der Waals surface area contributed by atoms with E-state index in [1.807, 2.05) is 36.6 Å². The van der Waals surface area contributed by atoms with Crippen LogP contribution in [0.2, 0.25) is 0 Å². The minimum atomic E-state index is -0.0691. The number of thioether (sulfide) groups is 1. The molecule has 1 fully saturated rings. The molecule has 0 spiro atoms. The Morgan fingerprint density at radius 3 is 2.90 bits per heavy atom. The second-order valence-corrected chi connectivity index (χ2v) is 8.94. The van der Waals surface area contributed by atoms with Crippen LogP contribution in [0, 0.1) is 6.92 Å². The van der Waals surface area contributed by atoms with E-state index in [0.717, 1.165) is 46.6 Å². The van der Waals surface area contributed by atoms with Crippen molar-refractivity contribution in [3.05, 3.63) is 63.6 Å². The molecular weight excluding hydrogens is 404 g/mol. The first-order valence-corrected chi connectivity index (χ1v) is 11.6. The Hall–Kier alpha value is -2.16. The molecule has 1 N–H and O–H groups in total. The van der Waals surface area contributed by atoms with Crippen molar-refractivity contribution in [1.29, 1.82) is 0 Å². The average molecular weight is 429 g/mol. The molecule has 29 heavy (non-hydrogen) atoms. The van der Waals surface area contributed by atoms with Gasteiger partial charge in [-0.05, 0) is 42.3 Å². The highest BCUT2D eigenvalue weighted by Crippen LogP contribution is 2.24. The van der Waals surface area contributed by atoms with Crippen molar-refractivity contribution in [2.45, 2.75) is 44.1 Å². The molecule has 2 aromatic heterocycles. The molecule has 0 radical (unpaired) electrons. The van der Waals surface area contributed by atoms with Crippen LogP contribution in [0.1, 0.15) is 39.5 Å². The minimum absolute atomic E-state index is 0.0691. The number of aromatic nitrogens is 3. The van der Waals surface area contributed by atoms with Gasteiger partial charge in [0.25, 0.3) is 5.91 Å². The van der Waals surface area contributed by atoms with Gasteiger partial charge < -0.3 is 14.6 Å². The van der Waals surface area contributed by atoms with Gasteiger partial charge >= 0.3 is 0 Å². The first-order valence-electron chi connectivity index (χ1n) is 9.73. The van der Waals surface area contributed by atoms with Crippen LogP contribution in [-0.4, -0.2) is 39.1 Å². The molecule has 0 saturated carbocycles. The van der Waals surface area contributed by atoms with E-state index < -0.39 is 0 Å². The van der Waals surface area contributed by atoms with Crippen molar-refractivity contribution < 1.29 is 9.53 Å². The number of carbonyl (C=O) groups is 1. The van der Waals surface area contributed by atoms with Crippen molar-refractivity contribution in [1.82, 2.24) is 20.1 Å². The summed E-state index contributed by atoms with van der Waals surface area (Å²) < 4.78 is 7.83. The Labute approximate surface area is 178 Å². The van der Waals surface area contributed by atoms with Gasteiger partial charge in [0.1, 0.15) is 0 Å². The molecule has 1 aromatic carbocycles. The lowest BCUT2D eigenvalue weighted by Gasteiger charge is -2.12. The lowest BCUT2D eigenvalue weighted by molar-refractivity contribution is 0.0953. The molecule has 4 rings (SSSR count). The van der Waals surface area contributed by atoms with Gasteiger partial charge in [-0.15, -0.1) is 21.5 Å². The zero-order chi connectivity index (χ0) is 20.1. The van der Waals surface area contributed by atoms with E-state index in [2.05, 4.69) is 32.2 Å². The highest BCUT2D eigenvalue weighted by Gasteiger charge is 2.20. The predicted octanol–water partition coefficient (Wildman–Crippen LogP) is 3.90. The van der Waals surface area contributed by atoms with E-state index in [9.17, 15) is 4.79 Å². The summed E-state index contributed by atoms with van der Waals surface area (Å²) in [6.45, 7) is 3.81. The van der Waals surface area contributed by atoms with Crippen LogP contribution in [0.3, 0.4) is 0 Å². The number of nitrogens with one attached hydrogen (secondary N) is 1. The Morgan fingerprint density at radius 1 is 1.31 bits per heavy atom. The molecule has 3 heterocycles. The molecule has 6 nitrogen and oxygen atoms in total. The van der Waals surface area contributed by atoms with Gasteiger partial charge in [-0.1, -0.05) is 42.1 Å². The van der Waals surface area contributed by atoms with Crippen LogP contribution in [0.15, 0.2) is 46.9 Å². The van der Waals surface area contributed by atoms with E-state index in [-0.39, 0.29) is 12.0 Å². The van der Waals surface area contributed by atoms with Crippen molar-refractivity contribution >= 4 is 29.0 Å². The summed E-state index contributed by atoms with van der Waals surface area (Å²) in [4.78, 5) is 13.2. The number of nitrogens with zero attached hydrogens (tertiary/aromatic N) is 3. The number of amides is 1. The van der Waals surface area contributed by atoms with E-state index in [4.69, 9.17) is 4.74 Å². The van der Waals surface area contributed by atoms with E-state index in [1.54, 1.807) is 11.8 Å². The van der Waals surface area contributed by atoms with Crippen LogP contribution < -0.4 is 5.32 Å². The number of ether oxygens (including phenoxy) is 1. The summed E-state index contributed by atoms with van der Waals surface area (Å²) in [6, 6.07) is 12.2. The van der Waals surface area contributed by atoms with E-state index >= 15 is 0 Å². The summed E-state index contributed by atoms with van der Waals surface area (Å²) in [6.07, 6.45) is 2.51. The molecule has 1 saturated heterocycles. The Kier molecular flexibility index (Phi) is 6.63. The lowest BCUT2D eigenvalue weighted by atomic mass is 10.2. The molecule has 1 aliphatic heterocycles. The number of thiophene rings is 1. The fraction of sp³-hybridized carbons (Fsp3) is 0.381.